The van der Waals surface area contributed by atoms with Crippen molar-refractivity contribution in [2.45, 2.75) is 69.2 Å². The van der Waals surface area contributed by atoms with Crippen molar-refractivity contribution < 1.29 is 18.8 Å². The second-order valence-electron chi connectivity index (χ2n) is 11.8. The summed E-state index contributed by atoms with van der Waals surface area (Å²) in [4.78, 5) is 50.6. The van der Waals surface area contributed by atoms with Crippen LogP contribution >= 0.6 is 0 Å². The summed E-state index contributed by atoms with van der Waals surface area (Å²) in [5, 5.41) is 5.88. The molecule has 2 fully saturated rings. The van der Waals surface area contributed by atoms with Gasteiger partial charge in [0.25, 0.3) is 5.91 Å². The number of nitrogens with one attached hydrogen (secondary N) is 2. The van der Waals surface area contributed by atoms with Gasteiger partial charge in [0.2, 0.25) is 11.8 Å². The van der Waals surface area contributed by atoms with Crippen LogP contribution in [0, 0.1) is 5.82 Å². The van der Waals surface area contributed by atoms with E-state index in [-0.39, 0.29) is 43.2 Å². The fourth-order valence-corrected chi connectivity index (χ4v) is 7.02. The highest BCUT2D eigenvalue weighted by Gasteiger charge is 2.52. The minimum absolute atomic E-state index is 0.0433. The van der Waals surface area contributed by atoms with E-state index in [0.29, 0.717) is 42.8 Å². The lowest BCUT2D eigenvalue weighted by atomic mass is 9.79. The van der Waals surface area contributed by atoms with Crippen molar-refractivity contribution in [3.8, 4) is 0 Å². The number of amides is 3. The quantitative estimate of drug-likeness (QED) is 0.530. The number of aromatic nitrogens is 1. The number of halogens is 1. The van der Waals surface area contributed by atoms with Crippen molar-refractivity contribution in [2.75, 3.05) is 25.0 Å². The van der Waals surface area contributed by atoms with E-state index in [9.17, 15) is 18.8 Å². The van der Waals surface area contributed by atoms with E-state index in [4.69, 9.17) is 4.99 Å². The summed E-state index contributed by atoms with van der Waals surface area (Å²) in [5.74, 6) is -0.248. The lowest BCUT2D eigenvalue weighted by Crippen LogP contribution is -2.57. The van der Waals surface area contributed by atoms with Crippen molar-refractivity contribution in [1.82, 2.24) is 15.2 Å². The number of rotatable bonds is 6. The van der Waals surface area contributed by atoms with Gasteiger partial charge in [0.1, 0.15) is 23.7 Å². The van der Waals surface area contributed by atoms with Crippen molar-refractivity contribution in [3.05, 3.63) is 82.8 Å². The van der Waals surface area contributed by atoms with Gasteiger partial charge in [-0.2, -0.15) is 0 Å². The molecule has 2 spiro atoms. The SMILES string of the molecule is CC/C=C1/C[C@]2(C/C1=C/CNC(=O)CN1CC(c3ccccc3F)=NC3(CCCCC3)C1=O)C(=O)Nc1ncccc12. The van der Waals surface area contributed by atoms with Gasteiger partial charge in [-0.1, -0.05) is 62.6 Å². The zero-order valence-electron chi connectivity index (χ0n) is 23.9. The first-order valence-electron chi connectivity index (χ1n) is 14.9. The Labute approximate surface area is 245 Å². The molecule has 3 amide bonds. The molecule has 2 aliphatic carbocycles. The molecule has 218 valence electrons. The third-order valence-electron chi connectivity index (χ3n) is 9.06. The Hall–Kier alpha value is -4.14. The molecule has 9 heteroatoms. The number of hydrogen-bond acceptors (Lipinski definition) is 5. The molecule has 2 saturated carbocycles. The highest BCUT2D eigenvalue weighted by Crippen LogP contribution is 2.52. The predicted molar refractivity (Wildman–Crippen MR) is 159 cm³/mol. The lowest BCUT2D eigenvalue weighted by Gasteiger charge is -2.41. The number of carbonyl (C=O) groups is 3. The molecule has 1 aromatic carbocycles. The van der Waals surface area contributed by atoms with Crippen LogP contribution < -0.4 is 10.6 Å². The normalized spacial score (nSPS) is 24.8. The van der Waals surface area contributed by atoms with E-state index in [1.807, 2.05) is 18.2 Å². The number of nitrogens with zero attached hydrogens (tertiary/aromatic N) is 3. The second kappa shape index (κ2) is 11.3. The Kier molecular flexibility index (Phi) is 7.51. The first kappa shape index (κ1) is 28.0. The average Bonchev–Trinajstić information content (AvgIpc) is 3.48. The van der Waals surface area contributed by atoms with Crippen LogP contribution in [0.3, 0.4) is 0 Å². The maximum atomic E-state index is 14.7. The van der Waals surface area contributed by atoms with Gasteiger partial charge in [0.15, 0.2) is 0 Å². The molecule has 4 aliphatic rings. The molecule has 0 unspecified atom stereocenters. The highest BCUT2D eigenvalue weighted by molar-refractivity contribution is 6.09. The molecule has 1 atom stereocenters. The summed E-state index contributed by atoms with van der Waals surface area (Å²) in [6.07, 6.45) is 11.8. The molecule has 0 saturated heterocycles. The van der Waals surface area contributed by atoms with Crippen LogP contribution in [-0.4, -0.2) is 58.5 Å². The Morgan fingerprint density at radius 3 is 2.60 bits per heavy atom. The largest absolute Gasteiger partial charge is 0.351 e. The fraction of sp³-hybridized carbons (Fsp3) is 0.424. The van der Waals surface area contributed by atoms with Crippen molar-refractivity contribution in [1.29, 1.82) is 0 Å². The summed E-state index contributed by atoms with van der Waals surface area (Å²) in [7, 11) is 0. The lowest BCUT2D eigenvalue weighted by molar-refractivity contribution is -0.141. The highest BCUT2D eigenvalue weighted by atomic mass is 19.1. The number of aliphatic imine (C=N–C) groups is 1. The van der Waals surface area contributed by atoms with Crippen LogP contribution in [0.15, 0.2) is 70.9 Å². The number of hydrogen-bond donors (Lipinski definition) is 2. The van der Waals surface area contributed by atoms with Crippen molar-refractivity contribution >= 4 is 29.3 Å². The molecule has 2 aromatic rings. The van der Waals surface area contributed by atoms with Gasteiger partial charge in [0, 0.05) is 23.9 Å². The van der Waals surface area contributed by atoms with Crippen LogP contribution in [0.2, 0.25) is 0 Å². The van der Waals surface area contributed by atoms with E-state index < -0.39 is 11.0 Å². The van der Waals surface area contributed by atoms with Gasteiger partial charge >= 0.3 is 0 Å². The molecular weight excluding hydrogens is 533 g/mol. The minimum atomic E-state index is -0.929. The van der Waals surface area contributed by atoms with Crippen LogP contribution in [0.5, 0.6) is 0 Å². The molecule has 1 aromatic heterocycles. The van der Waals surface area contributed by atoms with E-state index >= 15 is 0 Å². The zero-order valence-corrected chi connectivity index (χ0v) is 23.9. The molecular formula is C33H36FN5O3. The number of anilines is 1. The number of allylic oxidation sites excluding steroid dienone is 3. The topological polar surface area (TPSA) is 104 Å². The third-order valence-corrected chi connectivity index (χ3v) is 9.06. The van der Waals surface area contributed by atoms with Crippen LogP contribution in [-0.2, 0) is 19.8 Å². The molecule has 6 rings (SSSR count). The Morgan fingerprint density at radius 2 is 1.83 bits per heavy atom. The monoisotopic (exact) mass is 569 g/mol. The predicted octanol–water partition coefficient (Wildman–Crippen LogP) is 4.62. The third kappa shape index (κ3) is 4.95. The van der Waals surface area contributed by atoms with Gasteiger partial charge in [-0.05, 0) is 55.4 Å². The number of carbonyl (C=O) groups excluding carboxylic acids is 3. The van der Waals surface area contributed by atoms with Gasteiger partial charge < -0.3 is 15.5 Å². The average molecular weight is 570 g/mol. The summed E-state index contributed by atoms with van der Waals surface area (Å²) in [5.41, 5.74) is 2.33. The zero-order chi connectivity index (χ0) is 29.3. The van der Waals surface area contributed by atoms with E-state index in [0.717, 1.165) is 42.4 Å². The number of benzene rings is 1. The minimum Gasteiger partial charge on any atom is -0.351 e. The van der Waals surface area contributed by atoms with Crippen LogP contribution in [0.1, 0.15) is 69.4 Å². The van der Waals surface area contributed by atoms with E-state index in [1.54, 1.807) is 24.4 Å². The maximum absolute atomic E-state index is 14.7. The summed E-state index contributed by atoms with van der Waals surface area (Å²) >= 11 is 0. The molecule has 0 bridgehead atoms. The second-order valence-corrected chi connectivity index (χ2v) is 11.8. The first-order valence-corrected chi connectivity index (χ1v) is 14.9. The summed E-state index contributed by atoms with van der Waals surface area (Å²) < 4.78 is 14.7. The fourth-order valence-electron chi connectivity index (χ4n) is 7.02. The molecule has 3 heterocycles. The Morgan fingerprint density at radius 1 is 1.07 bits per heavy atom. The molecule has 2 N–H and O–H groups in total. The standard InChI is InChI=1S/C33H36FN5O3/c1-2-9-22-18-32(25-11-8-16-36-29(25)37-30(32)41)19-23(22)13-17-35-28(40)21-39-20-27(24-10-4-5-12-26(24)34)38-33(31(39)42)14-6-3-7-15-33/h4-5,8-13,16H,2-3,6-7,14-15,17-21H2,1H3,(H,35,40)(H,36,37,41)/b22-9-,23-13-/t32-/m1/s1. The smallest absolute Gasteiger partial charge is 0.251 e. The number of fused-ring (bicyclic) bond motifs is 2. The molecule has 8 nitrogen and oxygen atoms in total. The van der Waals surface area contributed by atoms with E-state index in [1.165, 1.54) is 11.0 Å². The van der Waals surface area contributed by atoms with Gasteiger partial charge in [-0.25, -0.2) is 9.37 Å². The number of pyridine rings is 1. The molecule has 2 aliphatic heterocycles. The van der Waals surface area contributed by atoms with E-state index in [2.05, 4.69) is 28.6 Å². The molecule has 0 radical (unpaired) electrons. The first-order chi connectivity index (χ1) is 20.3. The van der Waals surface area contributed by atoms with Crippen molar-refractivity contribution in [3.63, 3.8) is 0 Å². The van der Waals surface area contributed by atoms with Gasteiger partial charge in [-0.3, -0.25) is 19.4 Å². The Balaban J connectivity index is 1.17. The Bertz CT molecular complexity index is 1520. The molecule has 42 heavy (non-hydrogen) atoms. The van der Waals surface area contributed by atoms with Crippen LogP contribution in [0.4, 0.5) is 10.2 Å². The van der Waals surface area contributed by atoms with Crippen LogP contribution in [0.25, 0.3) is 0 Å². The van der Waals surface area contributed by atoms with Gasteiger partial charge in [0.05, 0.1) is 17.7 Å². The van der Waals surface area contributed by atoms with Crippen molar-refractivity contribution in [2.24, 2.45) is 4.99 Å². The summed E-state index contributed by atoms with van der Waals surface area (Å²) in [6.45, 7) is 2.30. The maximum Gasteiger partial charge on any atom is 0.251 e. The van der Waals surface area contributed by atoms with Gasteiger partial charge in [-0.15, -0.1) is 0 Å². The summed E-state index contributed by atoms with van der Waals surface area (Å²) in [6, 6.07) is 10.3.